The van der Waals surface area contributed by atoms with Gasteiger partial charge in [-0.15, -0.1) is 11.3 Å². The van der Waals surface area contributed by atoms with Crippen LogP contribution >= 0.6 is 11.3 Å². The highest BCUT2D eigenvalue weighted by Crippen LogP contribution is 2.27. The third-order valence-corrected chi connectivity index (χ3v) is 4.34. The zero-order valence-corrected chi connectivity index (χ0v) is 12.7. The number of rotatable bonds is 4. The highest BCUT2D eigenvalue weighted by atomic mass is 32.1. The molecule has 0 spiro atoms. The van der Waals surface area contributed by atoms with Gasteiger partial charge in [0.1, 0.15) is 6.04 Å². The molecule has 7 nitrogen and oxygen atoms in total. The van der Waals surface area contributed by atoms with Gasteiger partial charge in [0.15, 0.2) is 10.8 Å². The summed E-state index contributed by atoms with van der Waals surface area (Å²) < 4.78 is 7.45. The summed E-state index contributed by atoms with van der Waals surface area (Å²) in [6, 6.07) is -0.353. The molecule has 1 aliphatic rings. The Labute approximate surface area is 126 Å². The fourth-order valence-electron chi connectivity index (χ4n) is 2.61. The van der Waals surface area contributed by atoms with Crippen LogP contribution in [0.5, 0.6) is 0 Å². The zero-order valence-electron chi connectivity index (χ0n) is 11.9. The molecule has 8 heteroatoms. The molecule has 0 radical (unpaired) electrons. The molecular formula is C13H19N5O2S. The van der Waals surface area contributed by atoms with Gasteiger partial charge in [-0.3, -0.25) is 9.20 Å². The molecule has 2 aromatic rings. The average molecular weight is 309 g/mol. The number of nitrogens with zero attached hydrogens (tertiary/aromatic N) is 3. The summed E-state index contributed by atoms with van der Waals surface area (Å²) in [6.45, 7) is 4.49. The minimum atomic E-state index is -0.353. The monoisotopic (exact) mass is 309 g/mol. The van der Waals surface area contributed by atoms with Gasteiger partial charge < -0.3 is 20.7 Å². The van der Waals surface area contributed by atoms with Crippen molar-refractivity contribution in [2.24, 2.45) is 5.73 Å². The molecule has 2 aromatic heterocycles. The number of carbonyl (C=O) groups is 1. The van der Waals surface area contributed by atoms with Crippen LogP contribution in [0.1, 0.15) is 12.6 Å². The summed E-state index contributed by atoms with van der Waals surface area (Å²) >= 11 is 1.56. The summed E-state index contributed by atoms with van der Waals surface area (Å²) in [7, 11) is 0. The molecule has 0 aliphatic carbocycles. The SMILES string of the molecule is CCNC(=O)C1COCCN1c1nc2sccn2c1CN. The van der Waals surface area contributed by atoms with Crippen molar-refractivity contribution < 1.29 is 9.53 Å². The van der Waals surface area contributed by atoms with Crippen LogP contribution in [0.3, 0.4) is 0 Å². The Morgan fingerprint density at radius 3 is 3.29 bits per heavy atom. The second kappa shape index (κ2) is 6.00. The van der Waals surface area contributed by atoms with Crippen molar-refractivity contribution in [3.63, 3.8) is 0 Å². The Balaban J connectivity index is 1.97. The fourth-order valence-corrected chi connectivity index (χ4v) is 3.34. The highest BCUT2D eigenvalue weighted by Gasteiger charge is 2.32. The van der Waals surface area contributed by atoms with Crippen molar-refractivity contribution in [3.05, 3.63) is 17.3 Å². The molecule has 1 aliphatic heterocycles. The van der Waals surface area contributed by atoms with Crippen LogP contribution in [-0.4, -0.2) is 47.6 Å². The lowest BCUT2D eigenvalue weighted by Gasteiger charge is -2.35. The molecule has 1 amide bonds. The van der Waals surface area contributed by atoms with E-state index in [1.807, 2.05) is 27.8 Å². The van der Waals surface area contributed by atoms with Gasteiger partial charge in [0.2, 0.25) is 5.91 Å². The maximum Gasteiger partial charge on any atom is 0.245 e. The first-order valence-corrected chi connectivity index (χ1v) is 7.90. The van der Waals surface area contributed by atoms with Crippen molar-refractivity contribution in [3.8, 4) is 0 Å². The Morgan fingerprint density at radius 2 is 2.52 bits per heavy atom. The second-order valence-electron chi connectivity index (χ2n) is 4.82. The van der Waals surface area contributed by atoms with Gasteiger partial charge in [-0.2, -0.15) is 0 Å². The number of nitrogens with one attached hydrogen (secondary N) is 1. The predicted octanol–water partition coefficient (Wildman–Crippen LogP) is 0.196. The molecule has 0 bridgehead atoms. The molecule has 0 saturated carbocycles. The summed E-state index contributed by atoms with van der Waals surface area (Å²) in [5.74, 6) is 0.764. The van der Waals surface area contributed by atoms with Crippen LogP contribution in [0, 0.1) is 0 Å². The number of aromatic nitrogens is 2. The normalized spacial score (nSPS) is 19.1. The number of ether oxygens (including phenoxy) is 1. The molecular weight excluding hydrogens is 290 g/mol. The maximum atomic E-state index is 12.2. The number of nitrogens with two attached hydrogens (primary N) is 1. The number of anilines is 1. The van der Waals surface area contributed by atoms with E-state index >= 15 is 0 Å². The van der Waals surface area contributed by atoms with Gasteiger partial charge in [0, 0.05) is 31.2 Å². The maximum absolute atomic E-state index is 12.2. The van der Waals surface area contributed by atoms with Gasteiger partial charge in [0.05, 0.1) is 18.9 Å². The van der Waals surface area contributed by atoms with E-state index in [4.69, 9.17) is 10.5 Å². The van der Waals surface area contributed by atoms with Gasteiger partial charge in [-0.25, -0.2) is 4.98 Å². The highest BCUT2D eigenvalue weighted by molar-refractivity contribution is 7.15. The van der Waals surface area contributed by atoms with Gasteiger partial charge >= 0.3 is 0 Å². The number of hydrogen-bond donors (Lipinski definition) is 2. The van der Waals surface area contributed by atoms with Crippen molar-refractivity contribution in [2.45, 2.75) is 19.5 Å². The van der Waals surface area contributed by atoms with Crippen LogP contribution in [0.15, 0.2) is 11.6 Å². The number of hydrogen-bond acceptors (Lipinski definition) is 6. The Bertz CT molecular complexity index is 638. The fraction of sp³-hybridized carbons (Fsp3) is 0.538. The molecule has 3 rings (SSSR count). The average Bonchev–Trinajstić information content (AvgIpc) is 3.07. The molecule has 21 heavy (non-hydrogen) atoms. The number of likely N-dealkylation sites (N-methyl/N-ethyl adjacent to an activating group) is 1. The summed E-state index contributed by atoms with van der Waals surface area (Å²) in [6.07, 6.45) is 1.96. The van der Waals surface area contributed by atoms with E-state index in [0.717, 1.165) is 16.5 Å². The first kappa shape index (κ1) is 14.3. The molecule has 1 atom stereocenters. The van der Waals surface area contributed by atoms with Crippen molar-refractivity contribution in [1.82, 2.24) is 14.7 Å². The third-order valence-electron chi connectivity index (χ3n) is 3.59. The molecule has 1 saturated heterocycles. The van der Waals surface area contributed by atoms with Crippen LogP contribution in [0.25, 0.3) is 4.96 Å². The van der Waals surface area contributed by atoms with E-state index in [-0.39, 0.29) is 11.9 Å². The zero-order chi connectivity index (χ0) is 14.8. The molecule has 3 heterocycles. The summed E-state index contributed by atoms with van der Waals surface area (Å²) in [5.41, 5.74) is 6.83. The number of thiazole rings is 1. The Hall–Kier alpha value is -1.64. The number of amides is 1. The second-order valence-corrected chi connectivity index (χ2v) is 5.69. The van der Waals surface area contributed by atoms with Gasteiger partial charge in [0.25, 0.3) is 0 Å². The van der Waals surface area contributed by atoms with E-state index < -0.39 is 0 Å². The third kappa shape index (κ3) is 2.50. The first-order chi connectivity index (χ1) is 10.3. The minimum Gasteiger partial charge on any atom is -0.377 e. The quantitative estimate of drug-likeness (QED) is 0.842. The molecule has 114 valence electrons. The molecule has 1 fully saturated rings. The van der Waals surface area contributed by atoms with Crippen LogP contribution in [-0.2, 0) is 16.1 Å². The summed E-state index contributed by atoms with van der Waals surface area (Å²) in [4.78, 5) is 19.8. The number of fused-ring (bicyclic) bond motifs is 1. The van der Waals surface area contributed by atoms with Crippen LogP contribution < -0.4 is 16.0 Å². The smallest absolute Gasteiger partial charge is 0.245 e. The number of morpholine rings is 1. The number of carbonyl (C=O) groups excluding carboxylic acids is 1. The number of imidazole rings is 1. The first-order valence-electron chi connectivity index (χ1n) is 7.02. The van der Waals surface area contributed by atoms with Crippen molar-refractivity contribution in [1.29, 1.82) is 0 Å². The van der Waals surface area contributed by atoms with E-state index in [2.05, 4.69) is 10.3 Å². The Morgan fingerprint density at radius 1 is 1.67 bits per heavy atom. The van der Waals surface area contributed by atoms with Crippen LogP contribution in [0.4, 0.5) is 5.82 Å². The minimum absolute atomic E-state index is 0.0310. The van der Waals surface area contributed by atoms with E-state index in [1.165, 1.54) is 0 Å². The topological polar surface area (TPSA) is 84.9 Å². The van der Waals surface area contributed by atoms with Gasteiger partial charge in [-0.1, -0.05) is 0 Å². The molecule has 3 N–H and O–H groups in total. The largest absolute Gasteiger partial charge is 0.377 e. The van der Waals surface area contributed by atoms with E-state index in [0.29, 0.717) is 32.8 Å². The Kier molecular flexibility index (Phi) is 4.09. The lowest BCUT2D eigenvalue weighted by atomic mass is 10.2. The molecule has 0 aromatic carbocycles. The summed E-state index contributed by atoms with van der Waals surface area (Å²) in [5, 5.41) is 4.83. The van der Waals surface area contributed by atoms with Crippen molar-refractivity contribution >= 4 is 28.0 Å². The van der Waals surface area contributed by atoms with E-state index in [1.54, 1.807) is 11.3 Å². The molecule has 1 unspecified atom stereocenters. The lowest BCUT2D eigenvalue weighted by Crippen LogP contribution is -2.54. The van der Waals surface area contributed by atoms with E-state index in [9.17, 15) is 4.79 Å². The predicted molar refractivity (Wildman–Crippen MR) is 81.6 cm³/mol. The lowest BCUT2D eigenvalue weighted by molar-refractivity contribution is -0.124. The van der Waals surface area contributed by atoms with Gasteiger partial charge in [-0.05, 0) is 6.92 Å². The standard InChI is InChI=1S/C13H19N5O2S/c1-2-15-12(19)10-8-20-5-3-17(10)11-9(7-14)18-4-6-21-13(18)16-11/h4,6,10H,2-3,5,7-8,14H2,1H3,(H,15,19). The van der Waals surface area contributed by atoms with Crippen molar-refractivity contribution in [2.75, 3.05) is 31.2 Å². The van der Waals surface area contributed by atoms with Crippen LogP contribution in [0.2, 0.25) is 0 Å².